The largest absolute Gasteiger partial charge is 0.396 e. The average Bonchev–Trinajstić information content (AvgIpc) is 2.12. The van der Waals surface area contributed by atoms with E-state index in [1.54, 1.807) is 0 Å². The molecular weight excluding hydrogens is 242 g/mol. The fraction of sp³-hybridized carbons (Fsp3) is 0.455. The first kappa shape index (κ1) is 10.1. The van der Waals surface area contributed by atoms with Crippen molar-refractivity contribution in [1.82, 2.24) is 5.32 Å². The van der Waals surface area contributed by atoms with Crippen molar-refractivity contribution in [2.75, 3.05) is 19.7 Å². The van der Waals surface area contributed by atoms with Crippen LogP contribution >= 0.6 is 15.9 Å². The quantitative estimate of drug-likeness (QED) is 0.863. The molecule has 1 saturated heterocycles. The maximum Gasteiger partial charge on any atom is 0.0503 e. The molecule has 3 heteroatoms. The summed E-state index contributed by atoms with van der Waals surface area (Å²) in [7, 11) is 0. The molecule has 1 fully saturated rings. The van der Waals surface area contributed by atoms with E-state index in [0.717, 1.165) is 17.6 Å². The minimum Gasteiger partial charge on any atom is -0.396 e. The molecule has 0 amide bonds. The lowest BCUT2D eigenvalue weighted by Crippen LogP contribution is -2.46. The van der Waals surface area contributed by atoms with Crippen LogP contribution in [0.4, 0.5) is 0 Å². The van der Waals surface area contributed by atoms with E-state index >= 15 is 0 Å². The van der Waals surface area contributed by atoms with E-state index < -0.39 is 0 Å². The van der Waals surface area contributed by atoms with E-state index in [0.29, 0.717) is 5.92 Å². The highest BCUT2D eigenvalue weighted by Crippen LogP contribution is 2.31. The van der Waals surface area contributed by atoms with Crippen LogP contribution < -0.4 is 5.32 Å². The number of aliphatic hydroxyl groups is 1. The lowest BCUT2D eigenvalue weighted by molar-refractivity contribution is 0.188. The molecule has 0 saturated carbocycles. The van der Waals surface area contributed by atoms with E-state index in [2.05, 4.69) is 27.3 Å². The van der Waals surface area contributed by atoms with Crippen LogP contribution in [0.3, 0.4) is 0 Å². The third kappa shape index (κ3) is 1.85. The van der Waals surface area contributed by atoms with Crippen LogP contribution in [0.15, 0.2) is 28.7 Å². The third-order valence-corrected chi connectivity index (χ3v) is 3.61. The lowest BCUT2D eigenvalue weighted by atomic mass is 9.83. The molecular formula is C11H14BrNO. The number of benzene rings is 1. The molecule has 1 atom stereocenters. The van der Waals surface area contributed by atoms with Crippen molar-refractivity contribution >= 4 is 15.9 Å². The SMILES string of the molecule is OCC(c1ccccc1Br)C1CNC1. The predicted molar refractivity (Wildman–Crippen MR) is 60.3 cm³/mol. The Balaban J connectivity index is 2.22. The van der Waals surface area contributed by atoms with Gasteiger partial charge in [0.15, 0.2) is 0 Å². The maximum absolute atomic E-state index is 9.39. The first-order valence-corrected chi connectivity index (χ1v) is 5.68. The molecule has 1 aliphatic heterocycles. The number of hydrogen-bond donors (Lipinski definition) is 2. The Kier molecular flexibility index (Phi) is 3.21. The van der Waals surface area contributed by atoms with Crippen LogP contribution in [0, 0.1) is 5.92 Å². The zero-order valence-corrected chi connectivity index (χ0v) is 9.50. The summed E-state index contributed by atoms with van der Waals surface area (Å²) < 4.78 is 1.10. The van der Waals surface area contributed by atoms with Crippen LogP contribution in [0.25, 0.3) is 0 Å². The van der Waals surface area contributed by atoms with Crippen LogP contribution in [0.5, 0.6) is 0 Å². The third-order valence-electron chi connectivity index (χ3n) is 2.88. The van der Waals surface area contributed by atoms with Gasteiger partial charge in [-0.3, -0.25) is 0 Å². The second kappa shape index (κ2) is 4.43. The van der Waals surface area contributed by atoms with Gasteiger partial charge in [0.05, 0.1) is 6.61 Å². The number of nitrogens with one attached hydrogen (secondary N) is 1. The van der Waals surface area contributed by atoms with E-state index in [9.17, 15) is 5.11 Å². The van der Waals surface area contributed by atoms with Gasteiger partial charge in [0, 0.05) is 10.4 Å². The molecule has 0 spiro atoms. The second-order valence-corrected chi connectivity index (χ2v) is 4.58. The fourth-order valence-corrected chi connectivity index (χ4v) is 2.45. The monoisotopic (exact) mass is 255 g/mol. The van der Waals surface area contributed by atoms with Gasteiger partial charge in [-0.2, -0.15) is 0 Å². The van der Waals surface area contributed by atoms with Gasteiger partial charge in [-0.15, -0.1) is 0 Å². The molecule has 0 radical (unpaired) electrons. The van der Waals surface area contributed by atoms with Crippen molar-refractivity contribution in [1.29, 1.82) is 0 Å². The van der Waals surface area contributed by atoms with Gasteiger partial charge in [0.2, 0.25) is 0 Å². The first-order chi connectivity index (χ1) is 6.83. The van der Waals surface area contributed by atoms with Crippen LogP contribution in [0.1, 0.15) is 11.5 Å². The van der Waals surface area contributed by atoms with Crippen LogP contribution in [0.2, 0.25) is 0 Å². The molecule has 0 aliphatic carbocycles. The Bertz CT molecular complexity index is 312. The van der Waals surface area contributed by atoms with Gasteiger partial charge >= 0.3 is 0 Å². The van der Waals surface area contributed by atoms with Crippen molar-refractivity contribution in [2.24, 2.45) is 5.92 Å². The molecule has 1 heterocycles. The smallest absolute Gasteiger partial charge is 0.0503 e. The molecule has 76 valence electrons. The van der Waals surface area contributed by atoms with Crippen molar-refractivity contribution in [2.45, 2.75) is 5.92 Å². The number of aliphatic hydroxyl groups excluding tert-OH is 1. The van der Waals surface area contributed by atoms with Gasteiger partial charge < -0.3 is 10.4 Å². The fourth-order valence-electron chi connectivity index (χ4n) is 1.87. The molecule has 2 nitrogen and oxygen atoms in total. The number of rotatable bonds is 3. The van der Waals surface area contributed by atoms with Crippen molar-refractivity contribution < 1.29 is 5.11 Å². The highest BCUT2D eigenvalue weighted by atomic mass is 79.9. The predicted octanol–water partition coefficient (Wildman–Crippen LogP) is 1.74. The van der Waals surface area contributed by atoms with Gasteiger partial charge in [-0.25, -0.2) is 0 Å². The van der Waals surface area contributed by atoms with E-state index in [1.807, 2.05) is 18.2 Å². The molecule has 2 rings (SSSR count). The van der Waals surface area contributed by atoms with Crippen molar-refractivity contribution in [3.63, 3.8) is 0 Å². The average molecular weight is 256 g/mol. The minimum absolute atomic E-state index is 0.231. The molecule has 2 N–H and O–H groups in total. The molecule has 14 heavy (non-hydrogen) atoms. The molecule has 1 aliphatic rings. The summed E-state index contributed by atoms with van der Waals surface area (Å²) in [5, 5.41) is 12.6. The zero-order chi connectivity index (χ0) is 9.97. The Hall–Kier alpha value is -0.380. The highest BCUT2D eigenvalue weighted by molar-refractivity contribution is 9.10. The summed E-state index contributed by atoms with van der Waals surface area (Å²) in [5.74, 6) is 0.852. The second-order valence-electron chi connectivity index (χ2n) is 3.73. The normalized spacial score (nSPS) is 19.0. The summed E-state index contributed by atoms with van der Waals surface area (Å²) in [5.41, 5.74) is 1.22. The molecule has 1 aromatic rings. The Labute approximate surface area is 92.5 Å². The topological polar surface area (TPSA) is 32.3 Å². The molecule has 0 aromatic heterocycles. The molecule has 1 aromatic carbocycles. The van der Waals surface area contributed by atoms with Crippen molar-refractivity contribution in [3.8, 4) is 0 Å². The minimum atomic E-state index is 0.231. The van der Waals surface area contributed by atoms with Gasteiger partial charge in [-0.1, -0.05) is 34.1 Å². The Morgan fingerprint density at radius 2 is 2.14 bits per heavy atom. The van der Waals surface area contributed by atoms with E-state index in [1.165, 1.54) is 5.56 Å². The van der Waals surface area contributed by atoms with Gasteiger partial charge in [-0.05, 0) is 30.6 Å². The zero-order valence-electron chi connectivity index (χ0n) is 7.91. The first-order valence-electron chi connectivity index (χ1n) is 4.89. The Morgan fingerprint density at radius 1 is 1.43 bits per heavy atom. The van der Waals surface area contributed by atoms with Gasteiger partial charge in [0.1, 0.15) is 0 Å². The maximum atomic E-state index is 9.39. The van der Waals surface area contributed by atoms with Gasteiger partial charge in [0.25, 0.3) is 0 Å². The van der Waals surface area contributed by atoms with E-state index in [-0.39, 0.29) is 12.5 Å². The Morgan fingerprint density at radius 3 is 2.64 bits per heavy atom. The number of hydrogen-bond acceptors (Lipinski definition) is 2. The van der Waals surface area contributed by atoms with Crippen molar-refractivity contribution in [3.05, 3.63) is 34.3 Å². The molecule has 0 bridgehead atoms. The summed E-state index contributed by atoms with van der Waals surface area (Å²) in [6.45, 7) is 2.27. The summed E-state index contributed by atoms with van der Waals surface area (Å²) >= 11 is 3.53. The highest BCUT2D eigenvalue weighted by Gasteiger charge is 2.28. The van der Waals surface area contributed by atoms with Crippen LogP contribution in [-0.2, 0) is 0 Å². The van der Waals surface area contributed by atoms with E-state index in [4.69, 9.17) is 0 Å². The van der Waals surface area contributed by atoms with Crippen LogP contribution in [-0.4, -0.2) is 24.8 Å². The lowest BCUT2D eigenvalue weighted by Gasteiger charge is -2.34. The number of halogens is 1. The standard InChI is InChI=1S/C11H14BrNO/c12-11-4-2-1-3-9(11)10(7-14)8-5-13-6-8/h1-4,8,10,13-14H,5-7H2. The summed E-state index contributed by atoms with van der Waals surface area (Å²) in [6, 6.07) is 8.14. The summed E-state index contributed by atoms with van der Waals surface area (Å²) in [4.78, 5) is 0. The summed E-state index contributed by atoms with van der Waals surface area (Å²) in [6.07, 6.45) is 0. The molecule has 1 unspecified atom stereocenters.